The van der Waals surface area contributed by atoms with Crippen LogP contribution in [0.25, 0.3) is 0 Å². The van der Waals surface area contributed by atoms with Gasteiger partial charge in [0.05, 0.1) is 0 Å². The predicted octanol–water partition coefficient (Wildman–Crippen LogP) is 3.02. The highest BCUT2D eigenvalue weighted by Crippen LogP contribution is 2.20. The number of carbonyl (C=O) groups is 1. The van der Waals surface area contributed by atoms with Gasteiger partial charge in [0.15, 0.2) is 0 Å². The van der Waals surface area contributed by atoms with Crippen LogP contribution in [0.4, 0.5) is 0 Å². The van der Waals surface area contributed by atoms with E-state index in [1.54, 1.807) is 0 Å². The van der Waals surface area contributed by atoms with Crippen molar-refractivity contribution in [2.45, 2.75) is 71.4 Å². The van der Waals surface area contributed by atoms with E-state index in [1.165, 1.54) is 0 Å². The molecule has 1 rings (SSSR count). The van der Waals surface area contributed by atoms with Crippen LogP contribution in [-0.4, -0.2) is 32.7 Å². The molecule has 2 N–H and O–H groups in total. The zero-order chi connectivity index (χ0) is 15.9. The Morgan fingerprint density at radius 1 is 1.48 bits per heavy atom. The van der Waals surface area contributed by atoms with Crippen LogP contribution in [0.2, 0.25) is 0 Å². The van der Waals surface area contributed by atoms with Crippen LogP contribution in [-0.2, 0) is 11.3 Å². The topological polar surface area (TPSA) is 67.2 Å². The maximum atomic E-state index is 11.6. The minimum absolute atomic E-state index is 0.383. The van der Waals surface area contributed by atoms with Crippen molar-refractivity contribution in [2.24, 2.45) is 0 Å². The first-order valence-corrected chi connectivity index (χ1v) is 7.96. The van der Waals surface area contributed by atoms with Gasteiger partial charge in [-0.15, -0.1) is 0 Å². The number of hydrogen-bond acceptors (Lipinski definition) is 3. The van der Waals surface area contributed by atoms with Crippen molar-refractivity contribution in [3.05, 3.63) is 18.2 Å². The second kappa shape index (κ2) is 8.17. The van der Waals surface area contributed by atoms with Crippen LogP contribution in [0.15, 0.2) is 12.4 Å². The molecule has 0 aromatic carbocycles. The number of carboxylic acid groups (broad SMARTS) is 1. The van der Waals surface area contributed by atoms with Crippen LogP contribution in [0, 0.1) is 0 Å². The molecule has 0 radical (unpaired) electrons. The fourth-order valence-corrected chi connectivity index (χ4v) is 2.65. The molecule has 0 aliphatic carbocycles. The van der Waals surface area contributed by atoms with E-state index in [0.717, 1.165) is 31.8 Å². The number of aromatic nitrogens is 2. The van der Waals surface area contributed by atoms with Gasteiger partial charge in [-0.1, -0.05) is 27.7 Å². The van der Waals surface area contributed by atoms with Gasteiger partial charge in [-0.3, -0.25) is 4.79 Å². The van der Waals surface area contributed by atoms with Gasteiger partial charge >= 0.3 is 5.97 Å². The van der Waals surface area contributed by atoms with Crippen LogP contribution in [0.3, 0.4) is 0 Å². The first-order valence-electron chi connectivity index (χ1n) is 7.96. The van der Waals surface area contributed by atoms with Crippen molar-refractivity contribution in [1.29, 1.82) is 0 Å². The maximum absolute atomic E-state index is 11.6. The van der Waals surface area contributed by atoms with Crippen molar-refractivity contribution in [3.63, 3.8) is 0 Å². The van der Waals surface area contributed by atoms with Crippen LogP contribution < -0.4 is 5.32 Å². The van der Waals surface area contributed by atoms with Crippen molar-refractivity contribution < 1.29 is 9.90 Å². The summed E-state index contributed by atoms with van der Waals surface area (Å²) in [5.41, 5.74) is -0.797. The number of imidazole rings is 1. The van der Waals surface area contributed by atoms with E-state index in [2.05, 4.69) is 35.6 Å². The van der Waals surface area contributed by atoms with Gasteiger partial charge in [0.1, 0.15) is 11.4 Å². The van der Waals surface area contributed by atoms with Gasteiger partial charge in [0, 0.05) is 24.9 Å². The van der Waals surface area contributed by atoms with Crippen molar-refractivity contribution in [3.8, 4) is 0 Å². The minimum atomic E-state index is -0.797. The summed E-state index contributed by atoms with van der Waals surface area (Å²) in [5.74, 6) is 0.704. The fraction of sp³-hybridized carbons (Fsp3) is 0.750. The maximum Gasteiger partial charge on any atom is 0.323 e. The van der Waals surface area contributed by atoms with Gasteiger partial charge in [-0.05, 0) is 32.2 Å². The Morgan fingerprint density at radius 3 is 2.71 bits per heavy atom. The lowest BCUT2D eigenvalue weighted by Gasteiger charge is -2.29. The van der Waals surface area contributed by atoms with E-state index >= 15 is 0 Å². The summed E-state index contributed by atoms with van der Waals surface area (Å²) in [6.45, 7) is 9.78. The lowest BCUT2D eigenvalue weighted by molar-refractivity contribution is -0.145. The number of aryl methyl sites for hydroxylation is 1. The number of carboxylic acids is 1. The molecular formula is C16H29N3O2. The second-order valence-corrected chi connectivity index (χ2v) is 5.90. The zero-order valence-corrected chi connectivity index (χ0v) is 13.7. The molecule has 21 heavy (non-hydrogen) atoms. The molecule has 0 saturated heterocycles. The summed E-state index contributed by atoms with van der Waals surface area (Å²) in [7, 11) is 0. The smallest absolute Gasteiger partial charge is 0.323 e. The number of aliphatic carboxylic acids is 1. The molecule has 5 heteroatoms. The summed E-state index contributed by atoms with van der Waals surface area (Å²) in [4.78, 5) is 16.0. The number of nitrogens with zero attached hydrogens (tertiary/aromatic N) is 2. The molecule has 0 amide bonds. The molecule has 120 valence electrons. The highest BCUT2D eigenvalue weighted by molar-refractivity contribution is 5.78. The summed E-state index contributed by atoms with van der Waals surface area (Å²) in [6, 6.07) is 0. The zero-order valence-electron chi connectivity index (χ0n) is 13.7. The van der Waals surface area contributed by atoms with E-state index in [0.29, 0.717) is 18.8 Å². The minimum Gasteiger partial charge on any atom is -0.480 e. The lowest BCUT2D eigenvalue weighted by atomic mass is 9.90. The Morgan fingerprint density at radius 2 is 2.19 bits per heavy atom. The van der Waals surface area contributed by atoms with Crippen molar-refractivity contribution >= 4 is 5.97 Å². The normalized spacial score (nSPS) is 14.3. The Balaban J connectivity index is 2.65. The van der Waals surface area contributed by atoms with E-state index in [-0.39, 0.29) is 0 Å². The summed E-state index contributed by atoms with van der Waals surface area (Å²) in [5, 5.41) is 12.8. The molecule has 1 atom stereocenters. The quantitative estimate of drug-likeness (QED) is 0.696. The number of nitrogens with one attached hydrogen (secondary N) is 1. The molecule has 0 spiro atoms. The van der Waals surface area contributed by atoms with Crippen LogP contribution in [0.1, 0.15) is 65.1 Å². The third-order valence-corrected chi connectivity index (χ3v) is 3.99. The number of rotatable bonds is 10. The van der Waals surface area contributed by atoms with Gasteiger partial charge in [-0.25, -0.2) is 4.98 Å². The third kappa shape index (κ3) is 4.56. The molecular weight excluding hydrogens is 266 g/mol. The fourth-order valence-electron chi connectivity index (χ4n) is 2.65. The Labute approximate surface area is 127 Å². The molecule has 0 bridgehead atoms. The molecule has 1 unspecified atom stereocenters. The first kappa shape index (κ1) is 17.7. The second-order valence-electron chi connectivity index (χ2n) is 5.90. The molecule has 0 aliphatic heterocycles. The summed E-state index contributed by atoms with van der Waals surface area (Å²) >= 11 is 0. The van der Waals surface area contributed by atoms with E-state index in [9.17, 15) is 9.90 Å². The van der Waals surface area contributed by atoms with Gasteiger partial charge in [-0.2, -0.15) is 0 Å². The molecule has 5 nitrogen and oxygen atoms in total. The SMILES string of the molecule is CCCNC(CC)(CCCn1ccnc1C(C)C)C(=O)O. The first-order chi connectivity index (χ1) is 9.96. The number of hydrogen-bond donors (Lipinski definition) is 2. The molecule has 0 aliphatic rings. The standard InChI is InChI=1S/C16H29N3O2/c1-5-9-18-16(6-2,15(20)21)8-7-11-19-12-10-17-14(19)13(3)4/h10,12-13,18H,5-9,11H2,1-4H3,(H,20,21). The lowest BCUT2D eigenvalue weighted by Crippen LogP contribution is -2.52. The average Bonchev–Trinajstić information content (AvgIpc) is 2.91. The molecule has 0 fully saturated rings. The molecule has 0 saturated carbocycles. The summed E-state index contributed by atoms with van der Waals surface area (Å²) < 4.78 is 2.13. The summed E-state index contributed by atoms with van der Waals surface area (Å²) in [6.07, 6.45) is 6.79. The van der Waals surface area contributed by atoms with Crippen LogP contribution >= 0.6 is 0 Å². The largest absolute Gasteiger partial charge is 0.480 e. The predicted molar refractivity (Wildman–Crippen MR) is 84.5 cm³/mol. The highest BCUT2D eigenvalue weighted by atomic mass is 16.4. The highest BCUT2D eigenvalue weighted by Gasteiger charge is 2.35. The van der Waals surface area contributed by atoms with Gasteiger partial charge in [0.25, 0.3) is 0 Å². The van der Waals surface area contributed by atoms with Gasteiger partial charge in [0.2, 0.25) is 0 Å². The molecule has 1 aromatic rings. The monoisotopic (exact) mass is 295 g/mol. The Kier molecular flexibility index (Phi) is 6.89. The van der Waals surface area contributed by atoms with Crippen LogP contribution in [0.5, 0.6) is 0 Å². The molecule has 1 aromatic heterocycles. The van der Waals surface area contributed by atoms with E-state index in [4.69, 9.17) is 0 Å². The molecule has 1 heterocycles. The Hall–Kier alpha value is -1.36. The van der Waals surface area contributed by atoms with Crippen molar-refractivity contribution in [1.82, 2.24) is 14.9 Å². The van der Waals surface area contributed by atoms with E-state index in [1.807, 2.05) is 19.3 Å². The van der Waals surface area contributed by atoms with Gasteiger partial charge < -0.3 is 15.0 Å². The average molecular weight is 295 g/mol. The van der Waals surface area contributed by atoms with E-state index < -0.39 is 11.5 Å². The third-order valence-electron chi connectivity index (χ3n) is 3.99. The Bertz CT molecular complexity index is 442. The van der Waals surface area contributed by atoms with Crippen molar-refractivity contribution in [2.75, 3.05) is 6.54 Å².